The highest BCUT2D eigenvalue weighted by molar-refractivity contribution is 6.31. The SMILES string of the molecule is CC(Cl)C(=O)N1CCCC1=O. The maximum atomic E-state index is 11.1. The number of rotatable bonds is 1. The lowest BCUT2D eigenvalue weighted by Crippen LogP contribution is -2.36. The fraction of sp³-hybridized carbons (Fsp3) is 0.714. The normalized spacial score (nSPS) is 20.5. The lowest BCUT2D eigenvalue weighted by atomic mass is 10.4. The van der Waals surface area contributed by atoms with Gasteiger partial charge in [-0.25, -0.2) is 0 Å². The van der Waals surface area contributed by atoms with Gasteiger partial charge < -0.3 is 0 Å². The Kier molecular flexibility index (Phi) is 2.49. The van der Waals surface area contributed by atoms with E-state index in [0.717, 1.165) is 6.42 Å². The van der Waals surface area contributed by atoms with Crippen LogP contribution >= 0.6 is 11.6 Å². The third-order valence-electron chi connectivity index (χ3n) is 1.68. The zero-order valence-electron chi connectivity index (χ0n) is 6.34. The molecule has 0 radical (unpaired) electrons. The van der Waals surface area contributed by atoms with E-state index < -0.39 is 5.38 Å². The van der Waals surface area contributed by atoms with Crippen LogP contribution in [0.5, 0.6) is 0 Å². The minimum Gasteiger partial charge on any atom is -0.281 e. The quantitative estimate of drug-likeness (QED) is 0.552. The minimum absolute atomic E-state index is 0.0949. The Morgan fingerprint density at radius 2 is 2.36 bits per heavy atom. The second-order valence-corrected chi connectivity index (χ2v) is 3.26. The van der Waals surface area contributed by atoms with Crippen LogP contribution in [0.25, 0.3) is 0 Å². The molecule has 11 heavy (non-hydrogen) atoms. The van der Waals surface area contributed by atoms with E-state index in [0.29, 0.717) is 13.0 Å². The average molecular weight is 176 g/mol. The van der Waals surface area contributed by atoms with E-state index in [1.54, 1.807) is 6.92 Å². The fourth-order valence-corrected chi connectivity index (χ4v) is 1.21. The van der Waals surface area contributed by atoms with E-state index >= 15 is 0 Å². The number of halogens is 1. The van der Waals surface area contributed by atoms with Crippen molar-refractivity contribution in [2.24, 2.45) is 0 Å². The molecule has 1 aliphatic heterocycles. The van der Waals surface area contributed by atoms with E-state index in [9.17, 15) is 9.59 Å². The minimum atomic E-state index is -0.586. The Labute approximate surface area is 70.3 Å². The predicted molar refractivity (Wildman–Crippen MR) is 41.3 cm³/mol. The molecule has 2 amide bonds. The Bertz CT molecular complexity index is 191. The molecular weight excluding hydrogens is 166 g/mol. The molecular formula is C7H10ClNO2. The highest BCUT2D eigenvalue weighted by Gasteiger charge is 2.28. The largest absolute Gasteiger partial charge is 0.281 e. The predicted octanol–water partition coefficient (Wildman–Crippen LogP) is 0.763. The summed E-state index contributed by atoms with van der Waals surface area (Å²) in [6.45, 7) is 2.12. The summed E-state index contributed by atoms with van der Waals surface area (Å²) < 4.78 is 0. The standard InChI is InChI=1S/C7H10ClNO2/c1-5(8)7(11)9-4-2-3-6(9)10/h5H,2-4H2,1H3. The van der Waals surface area contributed by atoms with Gasteiger partial charge in [0.2, 0.25) is 11.8 Å². The first-order chi connectivity index (χ1) is 5.13. The Morgan fingerprint density at radius 3 is 2.73 bits per heavy atom. The average Bonchev–Trinajstić information content (AvgIpc) is 2.33. The molecule has 62 valence electrons. The number of alkyl halides is 1. The summed E-state index contributed by atoms with van der Waals surface area (Å²) in [5, 5.41) is -0.586. The van der Waals surface area contributed by atoms with Crippen LogP contribution in [0.4, 0.5) is 0 Å². The first-order valence-electron chi connectivity index (χ1n) is 3.61. The fourth-order valence-electron chi connectivity index (χ4n) is 1.10. The summed E-state index contributed by atoms with van der Waals surface area (Å²) in [6, 6.07) is 0. The van der Waals surface area contributed by atoms with Gasteiger partial charge in [-0.05, 0) is 13.3 Å². The van der Waals surface area contributed by atoms with E-state index in [-0.39, 0.29) is 11.8 Å². The molecule has 1 rings (SSSR count). The molecule has 0 aliphatic carbocycles. The number of carbonyl (C=O) groups excluding carboxylic acids is 2. The first kappa shape index (κ1) is 8.53. The summed E-state index contributed by atoms with van der Waals surface area (Å²) in [5.74, 6) is -0.364. The number of imide groups is 1. The van der Waals surface area contributed by atoms with Crippen LogP contribution in [0, 0.1) is 0 Å². The van der Waals surface area contributed by atoms with Crippen LogP contribution in [0.15, 0.2) is 0 Å². The molecule has 0 aromatic carbocycles. The van der Waals surface area contributed by atoms with Crippen LogP contribution in [-0.2, 0) is 9.59 Å². The van der Waals surface area contributed by atoms with Gasteiger partial charge >= 0.3 is 0 Å². The van der Waals surface area contributed by atoms with Crippen LogP contribution in [0.2, 0.25) is 0 Å². The molecule has 1 heterocycles. The lowest BCUT2D eigenvalue weighted by Gasteiger charge is -2.14. The van der Waals surface area contributed by atoms with Gasteiger partial charge in [-0.3, -0.25) is 14.5 Å². The van der Waals surface area contributed by atoms with Gasteiger partial charge in [0.1, 0.15) is 5.38 Å². The van der Waals surface area contributed by atoms with Gasteiger partial charge in [-0.1, -0.05) is 0 Å². The van der Waals surface area contributed by atoms with Crippen LogP contribution in [0.3, 0.4) is 0 Å². The molecule has 1 unspecified atom stereocenters. The molecule has 0 aromatic rings. The van der Waals surface area contributed by atoms with Gasteiger partial charge in [-0.2, -0.15) is 0 Å². The van der Waals surface area contributed by atoms with Crippen molar-refractivity contribution < 1.29 is 9.59 Å². The molecule has 0 spiro atoms. The highest BCUT2D eigenvalue weighted by atomic mass is 35.5. The zero-order valence-corrected chi connectivity index (χ0v) is 7.10. The summed E-state index contributed by atoms with van der Waals surface area (Å²) in [7, 11) is 0. The van der Waals surface area contributed by atoms with Crippen molar-refractivity contribution in [3.63, 3.8) is 0 Å². The number of hydrogen-bond donors (Lipinski definition) is 0. The summed E-state index contributed by atoms with van der Waals surface area (Å²) in [5.41, 5.74) is 0. The van der Waals surface area contributed by atoms with Crippen molar-refractivity contribution in [2.45, 2.75) is 25.1 Å². The van der Waals surface area contributed by atoms with Crippen molar-refractivity contribution in [2.75, 3.05) is 6.54 Å². The lowest BCUT2D eigenvalue weighted by molar-refractivity contribution is -0.141. The van der Waals surface area contributed by atoms with Crippen LogP contribution in [-0.4, -0.2) is 28.6 Å². The Hall–Kier alpha value is -0.570. The third kappa shape index (κ3) is 1.71. The molecule has 0 aromatic heterocycles. The Balaban J connectivity index is 2.60. The molecule has 1 fully saturated rings. The van der Waals surface area contributed by atoms with E-state index in [1.165, 1.54) is 4.90 Å². The van der Waals surface area contributed by atoms with Gasteiger partial charge in [0.25, 0.3) is 0 Å². The number of nitrogens with zero attached hydrogens (tertiary/aromatic N) is 1. The van der Waals surface area contributed by atoms with Crippen molar-refractivity contribution in [1.82, 2.24) is 4.90 Å². The smallest absolute Gasteiger partial charge is 0.246 e. The summed E-state index contributed by atoms with van der Waals surface area (Å²) in [4.78, 5) is 23.3. The van der Waals surface area contributed by atoms with Gasteiger partial charge in [0.05, 0.1) is 0 Å². The second kappa shape index (κ2) is 3.22. The van der Waals surface area contributed by atoms with Gasteiger partial charge in [-0.15, -0.1) is 11.6 Å². The molecule has 0 saturated carbocycles. The Morgan fingerprint density at radius 1 is 1.73 bits per heavy atom. The molecule has 1 saturated heterocycles. The zero-order chi connectivity index (χ0) is 8.43. The maximum absolute atomic E-state index is 11.1. The number of hydrogen-bond acceptors (Lipinski definition) is 2. The number of likely N-dealkylation sites (tertiary alicyclic amines) is 1. The molecule has 4 heteroatoms. The van der Waals surface area contributed by atoms with Gasteiger partial charge in [0.15, 0.2) is 0 Å². The van der Waals surface area contributed by atoms with E-state index in [4.69, 9.17) is 11.6 Å². The van der Waals surface area contributed by atoms with Gasteiger partial charge in [0, 0.05) is 13.0 Å². The van der Waals surface area contributed by atoms with E-state index in [1.807, 2.05) is 0 Å². The topological polar surface area (TPSA) is 37.4 Å². The number of carbonyl (C=O) groups is 2. The molecule has 1 atom stereocenters. The van der Waals surface area contributed by atoms with Crippen molar-refractivity contribution >= 4 is 23.4 Å². The third-order valence-corrected chi connectivity index (χ3v) is 1.87. The molecule has 0 bridgehead atoms. The summed E-state index contributed by atoms with van der Waals surface area (Å²) in [6.07, 6.45) is 1.25. The van der Waals surface area contributed by atoms with Crippen LogP contribution in [0.1, 0.15) is 19.8 Å². The molecule has 3 nitrogen and oxygen atoms in total. The second-order valence-electron chi connectivity index (χ2n) is 2.60. The monoisotopic (exact) mass is 175 g/mol. The van der Waals surface area contributed by atoms with Crippen molar-refractivity contribution in [1.29, 1.82) is 0 Å². The van der Waals surface area contributed by atoms with Crippen molar-refractivity contribution in [3.8, 4) is 0 Å². The van der Waals surface area contributed by atoms with Crippen LogP contribution < -0.4 is 0 Å². The number of amides is 2. The molecule has 0 N–H and O–H groups in total. The molecule has 1 aliphatic rings. The maximum Gasteiger partial charge on any atom is 0.246 e. The first-order valence-corrected chi connectivity index (χ1v) is 4.05. The van der Waals surface area contributed by atoms with E-state index in [2.05, 4.69) is 0 Å². The van der Waals surface area contributed by atoms with Crippen molar-refractivity contribution in [3.05, 3.63) is 0 Å². The highest BCUT2D eigenvalue weighted by Crippen LogP contribution is 2.12. The summed E-state index contributed by atoms with van der Waals surface area (Å²) >= 11 is 5.53.